The average Bonchev–Trinajstić information content (AvgIpc) is 3.39. The van der Waals surface area contributed by atoms with Gasteiger partial charge in [-0.2, -0.15) is 5.10 Å². The van der Waals surface area contributed by atoms with Crippen molar-refractivity contribution in [2.24, 2.45) is 0 Å². The minimum atomic E-state index is -0.125. The molecule has 0 spiro atoms. The molecule has 3 aromatic rings. The molecular formula is C22H22N4O2. The predicted molar refractivity (Wildman–Crippen MR) is 107 cm³/mol. The van der Waals surface area contributed by atoms with Crippen LogP contribution in [0.25, 0.3) is 0 Å². The second-order valence-electron chi connectivity index (χ2n) is 6.90. The number of benzene rings is 2. The van der Waals surface area contributed by atoms with Gasteiger partial charge < -0.3 is 10.2 Å². The zero-order chi connectivity index (χ0) is 19.3. The zero-order valence-electron chi connectivity index (χ0n) is 15.5. The molecule has 0 bridgehead atoms. The van der Waals surface area contributed by atoms with Gasteiger partial charge in [-0.3, -0.25) is 14.3 Å². The number of hydrogen-bond acceptors (Lipinski definition) is 3. The third-order valence-electron chi connectivity index (χ3n) is 4.89. The number of nitrogens with zero attached hydrogens (tertiary/aromatic N) is 3. The van der Waals surface area contributed by atoms with Gasteiger partial charge in [0.15, 0.2) is 0 Å². The van der Waals surface area contributed by atoms with Crippen LogP contribution in [0.4, 0.5) is 5.69 Å². The van der Waals surface area contributed by atoms with Gasteiger partial charge in [-0.05, 0) is 47.9 Å². The highest BCUT2D eigenvalue weighted by Crippen LogP contribution is 2.21. The molecule has 4 rings (SSSR count). The lowest BCUT2D eigenvalue weighted by Gasteiger charge is -2.15. The van der Waals surface area contributed by atoms with Gasteiger partial charge in [-0.15, -0.1) is 0 Å². The summed E-state index contributed by atoms with van der Waals surface area (Å²) < 4.78 is 1.87. The fraction of sp³-hybridized carbons (Fsp3) is 0.227. The van der Waals surface area contributed by atoms with E-state index >= 15 is 0 Å². The summed E-state index contributed by atoms with van der Waals surface area (Å²) in [6, 6.07) is 17.2. The molecule has 28 heavy (non-hydrogen) atoms. The number of anilines is 1. The molecule has 6 nitrogen and oxygen atoms in total. The van der Waals surface area contributed by atoms with Crippen molar-refractivity contribution in [1.82, 2.24) is 15.1 Å². The smallest absolute Gasteiger partial charge is 0.251 e. The molecule has 1 fully saturated rings. The van der Waals surface area contributed by atoms with E-state index in [1.54, 1.807) is 23.2 Å². The number of nitrogens with one attached hydrogen (secondary N) is 1. The summed E-state index contributed by atoms with van der Waals surface area (Å²) >= 11 is 0. The Labute approximate surface area is 163 Å². The summed E-state index contributed by atoms with van der Waals surface area (Å²) in [5, 5.41) is 7.14. The van der Waals surface area contributed by atoms with Crippen LogP contribution in [0, 0.1) is 0 Å². The van der Waals surface area contributed by atoms with E-state index in [0.717, 1.165) is 36.3 Å². The van der Waals surface area contributed by atoms with E-state index in [1.807, 2.05) is 53.3 Å². The highest BCUT2D eigenvalue weighted by atomic mass is 16.2. The molecule has 1 saturated heterocycles. The second kappa shape index (κ2) is 8.08. The Morgan fingerprint density at radius 1 is 1.04 bits per heavy atom. The Hall–Kier alpha value is -3.41. The minimum absolute atomic E-state index is 0.125. The Bertz CT molecular complexity index is 947. The van der Waals surface area contributed by atoms with E-state index in [1.165, 1.54) is 0 Å². The third kappa shape index (κ3) is 4.11. The van der Waals surface area contributed by atoms with Crippen molar-refractivity contribution in [3.63, 3.8) is 0 Å². The first-order valence-corrected chi connectivity index (χ1v) is 9.43. The fourth-order valence-electron chi connectivity index (χ4n) is 3.34. The largest absolute Gasteiger partial charge is 0.348 e. The Morgan fingerprint density at radius 2 is 1.79 bits per heavy atom. The number of hydrogen-bond donors (Lipinski definition) is 1. The summed E-state index contributed by atoms with van der Waals surface area (Å²) in [7, 11) is 0. The highest BCUT2D eigenvalue weighted by Gasteiger charge is 2.21. The van der Waals surface area contributed by atoms with Crippen LogP contribution in [0.3, 0.4) is 0 Å². The van der Waals surface area contributed by atoms with Crippen LogP contribution in [-0.2, 0) is 17.9 Å². The third-order valence-corrected chi connectivity index (χ3v) is 4.89. The van der Waals surface area contributed by atoms with Gasteiger partial charge in [0.1, 0.15) is 0 Å². The molecule has 1 aromatic heterocycles. The maximum Gasteiger partial charge on any atom is 0.251 e. The van der Waals surface area contributed by atoms with E-state index in [2.05, 4.69) is 10.4 Å². The van der Waals surface area contributed by atoms with Gasteiger partial charge in [0, 0.05) is 43.2 Å². The summed E-state index contributed by atoms with van der Waals surface area (Å²) in [5.41, 5.74) is 3.64. The van der Waals surface area contributed by atoms with Gasteiger partial charge in [0.25, 0.3) is 5.91 Å². The van der Waals surface area contributed by atoms with Crippen LogP contribution < -0.4 is 10.2 Å². The van der Waals surface area contributed by atoms with Crippen molar-refractivity contribution in [1.29, 1.82) is 0 Å². The summed E-state index contributed by atoms with van der Waals surface area (Å²) in [6.07, 6.45) is 5.18. The van der Waals surface area contributed by atoms with Crippen molar-refractivity contribution >= 4 is 17.5 Å². The Balaban J connectivity index is 1.32. The quantitative estimate of drug-likeness (QED) is 0.721. The van der Waals surface area contributed by atoms with Gasteiger partial charge in [0.2, 0.25) is 5.91 Å². The molecule has 2 amide bonds. The molecular weight excluding hydrogens is 352 g/mol. The fourth-order valence-corrected chi connectivity index (χ4v) is 3.34. The maximum absolute atomic E-state index is 12.4. The predicted octanol–water partition coefficient (Wildman–Crippen LogP) is 2.99. The topological polar surface area (TPSA) is 67.2 Å². The second-order valence-corrected chi connectivity index (χ2v) is 6.90. The van der Waals surface area contributed by atoms with Gasteiger partial charge in [-0.25, -0.2) is 0 Å². The molecule has 1 aliphatic heterocycles. The van der Waals surface area contributed by atoms with Crippen LogP contribution >= 0.6 is 0 Å². The lowest BCUT2D eigenvalue weighted by Crippen LogP contribution is -2.25. The minimum Gasteiger partial charge on any atom is -0.348 e. The van der Waals surface area contributed by atoms with Crippen LogP contribution in [0.2, 0.25) is 0 Å². The van der Waals surface area contributed by atoms with Crippen LogP contribution in [-0.4, -0.2) is 28.1 Å². The first kappa shape index (κ1) is 18.0. The highest BCUT2D eigenvalue weighted by molar-refractivity contribution is 5.97. The number of carbonyl (C=O) groups is 2. The van der Waals surface area contributed by atoms with Crippen LogP contribution in [0.5, 0.6) is 0 Å². The van der Waals surface area contributed by atoms with Crippen molar-refractivity contribution < 1.29 is 9.59 Å². The molecule has 0 radical (unpaired) electrons. The van der Waals surface area contributed by atoms with Crippen molar-refractivity contribution in [3.8, 4) is 0 Å². The molecule has 0 aliphatic carbocycles. The number of amides is 2. The summed E-state index contributed by atoms with van der Waals surface area (Å²) in [5.74, 6) is 0.0214. The summed E-state index contributed by atoms with van der Waals surface area (Å²) in [4.78, 5) is 26.0. The normalized spacial score (nSPS) is 13.7. The maximum atomic E-state index is 12.4. The van der Waals surface area contributed by atoms with E-state index in [0.29, 0.717) is 18.5 Å². The van der Waals surface area contributed by atoms with Crippen molar-refractivity contribution in [3.05, 3.63) is 83.7 Å². The lowest BCUT2D eigenvalue weighted by atomic mass is 10.1. The summed E-state index contributed by atoms with van der Waals surface area (Å²) in [6.45, 7) is 1.94. The zero-order valence-corrected chi connectivity index (χ0v) is 15.5. The monoisotopic (exact) mass is 374 g/mol. The van der Waals surface area contributed by atoms with Crippen molar-refractivity contribution in [2.75, 3.05) is 11.4 Å². The number of rotatable bonds is 6. The number of carbonyl (C=O) groups excluding carboxylic acids is 2. The SMILES string of the molecule is O=C(NCc1ccc(Cn2cccn2)cc1)c1ccc(N2CCCC2=O)cc1. The molecule has 1 aliphatic rings. The molecule has 2 aromatic carbocycles. The first-order chi connectivity index (χ1) is 13.7. The molecule has 2 heterocycles. The van der Waals surface area contributed by atoms with E-state index in [4.69, 9.17) is 0 Å². The lowest BCUT2D eigenvalue weighted by molar-refractivity contribution is -0.117. The average molecular weight is 374 g/mol. The van der Waals surface area contributed by atoms with E-state index in [-0.39, 0.29) is 11.8 Å². The molecule has 6 heteroatoms. The van der Waals surface area contributed by atoms with Crippen LogP contribution in [0.15, 0.2) is 67.0 Å². The standard InChI is InChI=1S/C22H22N4O2/c27-21-3-1-14-26(21)20-10-8-19(9-11-20)22(28)23-15-17-4-6-18(7-5-17)16-25-13-2-12-24-25/h2,4-13H,1,3,14-16H2,(H,23,28). The van der Waals surface area contributed by atoms with Gasteiger partial charge in [0.05, 0.1) is 6.54 Å². The molecule has 1 N–H and O–H groups in total. The van der Waals surface area contributed by atoms with E-state index in [9.17, 15) is 9.59 Å². The first-order valence-electron chi connectivity index (χ1n) is 9.43. The Morgan fingerprint density at radius 3 is 2.43 bits per heavy atom. The molecule has 0 unspecified atom stereocenters. The van der Waals surface area contributed by atoms with Crippen LogP contribution in [0.1, 0.15) is 34.3 Å². The number of aromatic nitrogens is 2. The Kier molecular flexibility index (Phi) is 5.19. The van der Waals surface area contributed by atoms with Crippen molar-refractivity contribution in [2.45, 2.75) is 25.9 Å². The van der Waals surface area contributed by atoms with E-state index < -0.39 is 0 Å². The van der Waals surface area contributed by atoms with Gasteiger partial charge in [-0.1, -0.05) is 24.3 Å². The molecule has 0 saturated carbocycles. The van der Waals surface area contributed by atoms with Gasteiger partial charge >= 0.3 is 0 Å². The molecule has 0 atom stereocenters. The molecule has 142 valence electrons.